The van der Waals surface area contributed by atoms with Crippen molar-refractivity contribution in [1.29, 1.82) is 0 Å². The van der Waals surface area contributed by atoms with Crippen molar-refractivity contribution in [2.24, 2.45) is 181 Å². The molecule has 0 amide bonds. The smallest absolute Gasteiger partial charge is 0 e. The summed E-state index contributed by atoms with van der Waals surface area (Å²) in [5.74, 6) is 22.0. The van der Waals surface area contributed by atoms with Gasteiger partial charge in [-0.2, -0.15) is 0 Å². The van der Waals surface area contributed by atoms with Crippen LogP contribution in [0.1, 0.15) is 25.7 Å². The Morgan fingerprint density at radius 3 is 0.615 bits per heavy atom. The van der Waals surface area contributed by atoms with Crippen LogP contribution in [0.25, 0.3) is 0 Å². The summed E-state index contributed by atoms with van der Waals surface area (Å²) < 4.78 is 0. The van der Waals surface area contributed by atoms with Crippen LogP contribution in [0.2, 0.25) is 0 Å². The van der Waals surface area contributed by atoms with Crippen molar-refractivity contribution >= 4 is 51.4 Å². The first-order chi connectivity index (χ1) is 17.9. The first kappa shape index (κ1) is 17.3. The number of rotatable bonds is 0. The molecule has 24 unspecified atom stereocenters. The van der Waals surface area contributed by atoms with Crippen LogP contribution in [0.4, 0.5) is 0 Å². The van der Waals surface area contributed by atoms with Crippen molar-refractivity contribution in [2.75, 3.05) is 0 Å². The van der Waals surface area contributed by atoms with E-state index in [1.54, 1.807) is 0 Å². The summed E-state index contributed by atoms with van der Waals surface area (Å²) >= 11 is 0. The molecule has 1 radical (unpaired) electrons. The molecule has 0 N–H and O–H groups in total. The standard InChI is InChI=1S/C36H24.CH3.K.W/c1-5-13-15-7-2-9-17-19-11-4-12-20-18-10-3-8-16-14-6(1)21(5)25(13)27(15)22(7,9)29(17)31(19)24(11,12)32(20)30(18)23(8,10)28(16)26(14,21)33(25)34(27,29)36(31,32)35(28,30)33;;;/h5-20H,1-4H2;1H3;;/q;-1;;. The maximum atomic E-state index is 1.82. The summed E-state index contributed by atoms with van der Waals surface area (Å²) in [7, 11) is 0. The Morgan fingerprint density at radius 2 is 0.462 bits per heavy atom. The quantitative estimate of drug-likeness (QED) is 0.269. The van der Waals surface area contributed by atoms with Crippen molar-refractivity contribution in [2.45, 2.75) is 25.7 Å². The van der Waals surface area contributed by atoms with E-state index >= 15 is 0 Å². The van der Waals surface area contributed by atoms with Gasteiger partial charge in [0.05, 0.1) is 0 Å². The van der Waals surface area contributed by atoms with Crippen LogP contribution in [-0.4, -0.2) is 51.4 Å². The summed E-state index contributed by atoms with van der Waals surface area (Å²) in [4.78, 5) is 0. The number of hydrogen-bond donors (Lipinski definition) is 0. The fraction of sp³-hybridized carbons (Fsp3) is 0.973. The monoisotopic (exact) mass is 694 g/mol. The van der Waals surface area contributed by atoms with Crippen molar-refractivity contribution in [3.05, 3.63) is 7.43 Å². The molecule has 24 atom stereocenters. The molecule has 0 aromatic carbocycles. The Labute approximate surface area is 283 Å². The molecule has 0 aromatic heterocycles. The second kappa shape index (κ2) is 2.76. The Kier molecular flexibility index (Phi) is 1.22. The number of fused-ring (bicyclic) bond motifs is 12. The largest absolute Gasteiger partial charge is 0.358 e. The zero-order valence-corrected chi connectivity index (χ0v) is 28.5. The third-order valence-electron chi connectivity index (χ3n) is 30.4. The van der Waals surface area contributed by atoms with Crippen LogP contribution < -0.4 is 0 Å². The first-order valence-corrected chi connectivity index (χ1v) is 17.9. The van der Waals surface area contributed by atoms with Crippen molar-refractivity contribution < 1.29 is 21.1 Å². The maximum absolute atomic E-state index is 1.82. The van der Waals surface area contributed by atoms with E-state index in [1.165, 1.54) is 94.7 Å². The molecule has 25 rings (SSSR count). The van der Waals surface area contributed by atoms with Gasteiger partial charge >= 0.3 is 0 Å². The molecule has 25 fully saturated rings. The van der Waals surface area contributed by atoms with Gasteiger partial charge in [-0.25, -0.2) is 0 Å². The SMILES string of the molecule is C1C2C3C4C5CC6C7C8C9CC%10C%11C%12C%13CC%14C%15C%16C1C21C32C43C56C74C85C9%10C%116C%127C%14%13C%158C%161C21C34C56C871.[CH3-].[K].[W]. The van der Waals surface area contributed by atoms with Crippen LogP contribution in [-0.2, 0) is 21.1 Å². The molecule has 2 heteroatoms. The van der Waals surface area contributed by atoms with Gasteiger partial charge in [-0.1, -0.05) is 0 Å². The molecule has 39 heavy (non-hydrogen) atoms. The zero-order chi connectivity index (χ0) is 20.1. The normalized spacial score (nSPS) is 126. The molecule has 25 aliphatic carbocycles. The molecule has 0 aromatic rings. The molecule has 25 saturated carbocycles. The van der Waals surface area contributed by atoms with Gasteiger partial charge in [-0.15, -0.1) is 0 Å². The summed E-state index contributed by atoms with van der Waals surface area (Å²) in [6.07, 6.45) is 7.27. The van der Waals surface area contributed by atoms with Crippen molar-refractivity contribution in [3.8, 4) is 0 Å². The Balaban J connectivity index is 0.000000522. The molecular formula is C37H27KW-. The van der Waals surface area contributed by atoms with Crippen LogP contribution in [0, 0.1) is 189 Å². The van der Waals surface area contributed by atoms with Crippen LogP contribution in [0.15, 0.2) is 0 Å². The molecule has 0 bridgehead atoms. The Bertz CT molecular complexity index is 1690. The van der Waals surface area contributed by atoms with Crippen molar-refractivity contribution in [1.82, 2.24) is 0 Å². The van der Waals surface area contributed by atoms with E-state index in [9.17, 15) is 0 Å². The van der Waals surface area contributed by atoms with E-state index in [0.29, 0.717) is 0 Å². The van der Waals surface area contributed by atoms with Gasteiger partial charge in [0.1, 0.15) is 0 Å². The predicted molar refractivity (Wildman–Crippen MR) is 125 cm³/mol. The minimum absolute atomic E-state index is 0. The Morgan fingerprint density at radius 1 is 0.308 bits per heavy atom. The summed E-state index contributed by atoms with van der Waals surface area (Å²) in [5.41, 5.74) is 18.1. The third kappa shape index (κ3) is 0.414. The zero-order valence-electron chi connectivity index (χ0n) is 22.5. The minimum atomic E-state index is 0. The molecule has 16 spiro atoms. The van der Waals surface area contributed by atoms with E-state index in [4.69, 9.17) is 0 Å². The molecular weight excluding hydrogens is 667 g/mol. The molecule has 0 heterocycles. The van der Waals surface area contributed by atoms with E-state index in [-0.39, 0.29) is 79.9 Å². The van der Waals surface area contributed by atoms with Gasteiger partial charge in [-0.05, 0) is 207 Å². The summed E-state index contributed by atoms with van der Waals surface area (Å²) in [5, 5.41) is 0. The number of hydrogen-bond acceptors (Lipinski definition) is 0. The second-order valence-corrected chi connectivity index (χ2v) is 22.9. The predicted octanol–water partition coefficient (Wildman–Crippen LogP) is 3.60. The van der Waals surface area contributed by atoms with Gasteiger partial charge in [-0.3, -0.25) is 0 Å². The van der Waals surface area contributed by atoms with Gasteiger partial charge < -0.3 is 7.43 Å². The molecule has 0 nitrogen and oxygen atoms in total. The molecule has 0 saturated heterocycles. The Hall–Kier alpha value is 2.32. The van der Waals surface area contributed by atoms with E-state index in [0.717, 1.165) is 86.6 Å². The van der Waals surface area contributed by atoms with Gasteiger partial charge in [0.25, 0.3) is 0 Å². The van der Waals surface area contributed by atoms with E-state index in [1.807, 2.05) is 25.7 Å². The summed E-state index contributed by atoms with van der Waals surface area (Å²) in [6.45, 7) is 0. The fourth-order valence-corrected chi connectivity index (χ4v) is 38.1. The molecule has 25 aliphatic rings. The van der Waals surface area contributed by atoms with E-state index in [2.05, 4.69) is 0 Å². The average molecular weight is 695 g/mol. The molecule has 0 aliphatic heterocycles. The fourth-order valence-electron chi connectivity index (χ4n) is 38.1. The van der Waals surface area contributed by atoms with Gasteiger partial charge in [0.15, 0.2) is 0 Å². The minimum Gasteiger partial charge on any atom is -0.358 e. The van der Waals surface area contributed by atoms with Gasteiger partial charge in [0, 0.05) is 72.4 Å². The van der Waals surface area contributed by atoms with Crippen LogP contribution in [0.3, 0.4) is 0 Å². The second-order valence-electron chi connectivity index (χ2n) is 22.9. The van der Waals surface area contributed by atoms with Gasteiger partial charge in [0.2, 0.25) is 0 Å². The third-order valence-corrected chi connectivity index (χ3v) is 30.4. The van der Waals surface area contributed by atoms with E-state index < -0.39 is 0 Å². The van der Waals surface area contributed by atoms with Crippen LogP contribution >= 0.6 is 0 Å². The van der Waals surface area contributed by atoms with Crippen LogP contribution in [0.5, 0.6) is 0 Å². The molecule has 183 valence electrons. The average Bonchev–Trinajstić information content (AvgIpc) is 2.72. The maximum Gasteiger partial charge on any atom is 0 e. The summed E-state index contributed by atoms with van der Waals surface area (Å²) in [6, 6.07) is 0. The topological polar surface area (TPSA) is 0 Å². The van der Waals surface area contributed by atoms with Crippen molar-refractivity contribution in [3.63, 3.8) is 0 Å². The first-order valence-electron chi connectivity index (χ1n) is 17.9.